The molecule has 0 aromatic carbocycles. The number of aromatic nitrogens is 2. The van der Waals surface area contributed by atoms with E-state index in [9.17, 15) is 0 Å². The van der Waals surface area contributed by atoms with Gasteiger partial charge in [0, 0.05) is 31.6 Å². The summed E-state index contributed by atoms with van der Waals surface area (Å²) in [5, 5.41) is 3.40. The predicted octanol–water partition coefficient (Wildman–Crippen LogP) is 2.04. The van der Waals surface area contributed by atoms with Crippen molar-refractivity contribution in [3.8, 4) is 0 Å². The quantitative estimate of drug-likeness (QED) is 0.849. The highest BCUT2D eigenvalue weighted by Crippen LogP contribution is 2.27. The molecule has 0 atom stereocenters. The van der Waals surface area contributed by atoms with Gasteiger partial charge < -0.3 is 10.2 Å². The molecule has 3 heterocycles. The minimum atomic E-state index is 0.0521. The maximum atomic E-state index is 4.64. The number of rotatable bonds is 1. The Morgan fingerprint density at radius 3 is 2.58 bits per heavy atom. The molecule has 0 amide bonds. The standard InChI is InChI=1S/C15H22N4/c1-15(2,3)14-17-11-12-5-4-6-13(19(12)14)18-9-7-16-8-10-18/h4-6,11,16H,7-10H2,1-3H3. The van der Waals surface area contributed by atoms with E-state index in [-0.39, 0.29) is 5.41 Å². The van der Waals surface area contributed by atoms with Crippen LogP contribution in [0.1, 0.15) is 26.6 Å². The first-order valence-electron chi connectivity index (χ1n) is 7.00. The topological polar surface area (TPSA) is 32.6 Å². The summed E-state index contributed by atoms with van der Waals surface area (Å²) in [6.45, 7) is 10.9. The Balaban J connectivity index is 2.15. The van der Waals surface area contributed by atoms with Crippen LogP contribution in [0, 0.1) is 0 Å². The molecule has 0 radical (unpaired) electrons. The van der Waals surface area contributed by atoms with E-state index in [1.807, 2.05) is 6.20 Å². The normalized spacial score (nSPS) is 17.1. The summed E-state index contributed by atoms with van der Waals surface area (Å²) in [6, 6.07) is 6.46. The van der Waals surface area contributed by atoms with Crippen LogP contribution in [0.15, 0.2) is 24.4 Å². The van der Waals surface area contributed by atoms with Gasteiger partial charge in [-0.05, 0) is 12.1 Å². The smallest absolute Gasteiger partial charge is 0.120 e. The summed E-state index contributed by atoms with van der Waals surface area (Å²) in [6.07, 6.45) is 1.98. The highest BCUT2D eigenvalue weighted by molar-refractivity contribution is 5.57. The van der Waals surface area contributed by atoms with Gasteiger partial charge in [0.15, 0.2) is 0 Å². The van der Waals surface area contributed by atoms with Gasteiger partial charge in [0.25, 0.3) is 0 Å². The molecular weight excluding hydrogens is 236 g/mol. The van der Waals surface area contributed by atoms with Crippen molar-refractivity contribution in [3.05, 3.63) is 30.2 Å². The molecule has 0 saturated carbocycles. The van der Waals surface area contributed by atoms with Crippen LogP contribution in [0.2, 0.25) is 0 Å². The molecule has 4 nitrogen and oxygen atoms in total. The van der Waals surface area contributed by atoms with Crippen molar-refractivity contribution in [1.82, 2.24) is 14.7 Å². The van der Waals surface area contributed by atoms with Crippen LogP contribution >= 0.6 is 0 Å². The fraction of sp³-hybridized carbons (Fsp3) is 0.533. The fourth-order valence-corrected chi connectivity index (χ4v) is 2.70. The zero-order valence-corrected chi connectivity index (χ0v) is 12.0. The Labute approximate surface area is 114 Å². The highest BCUT2D eigenvalue weighted by Gasteiger charge is 2.23. The monoisotopic (exact) mass is 258 g/mol. The number of hydrogen-bond donors (Lipinski definition) is 1. The third kappa shape index (κ3) is 2.21. The van der Waals surface area contributed by atoms with Crippen molar-refractivity contribution < 1.29 is 0 Å². The van der Waals surface area contributed by atoms with E-state index in [1.54, 1.807) is 0 Å². The van der Waals surface area contributed by atoms with Crippen LogP contribution in [0.25, 0.3) is 5.52 Å². The molecule has 1 aliphatic rings. The van der Waals surface area contributed by atoms with Crippen LogP contribution in [-0.4, -0.2) is 35.6 Å². The number of hydrogen-bond acceptors (Lipinski definition) is 3. The average molecular weight is 258 g/mol. The van der Waals surface area contributed by atoms with E-state index in [0.717, 1.165) is 32.0 Å². The second-order valence-corrected chi connectivity index (χ2v) is 6.21. The van der Waals surface area contributed by atoms with Crippen molar-refractivity contribution in [3.63, 3.8) is 0 Å². The zero-order valence-electron chi connectivity index (χ0n) is 12.0. The van der Waals surface area contributed by atoms with E-state index in [0.29, 0.717) is 0 Å². The van der Waals surface area contributed by atoms with E-state index in [2.05, 4.69) is 58.6 Å². The van der Waals surface area contributed by atoms with Crippen LogP contribution in [-0.2, 0) is 5.41 Å². The Bertz CT molecular complexity index is 573. The van der Waals surface area contributed by atoms with Crippen LogP contribution < -0.4 is 10.2 Å². The lowest BCUT2D eigenvalue weighted by molar-refractivity contribution is 0.536. The first-order chi connectivity index (χ1) is 9.07. The van der Waals surface area contributed by atoms with Gasteiger partial charge in [-0.25, -0.2) is 4.98 Å². The third-order valence-corrected chi connectivity index (χ3v) is 3.64. The van der Waals surface area contributed by atoms with Crippen molar-refractivity contribution >= 4 is 11.3 Å². The predicted molar refractivity (Wildman–Crippen MR) is 79.0 cm³/mol. The molecule has 2 aromatic heterocycles. The molecule has 1 saturated heterocycles. The lowest BCUT2D eigenvalue weighted by atomic mass is 9.96. The van der Waals surface area contributed by atoms with Crippen molar-refractivity contribution in [2.45, 2.75) is 26.2 Å². The molecule has 1 N–H and O–H groups in total. The molecule has 1 fully saturated rings. The van der Waals surface area contributed by atoms with Gasteiger partial charge >= 0.3 is 0 Å². The number of nitrogens with zero attached hydrogens (tertiary/aromatic N) is 3. The molecule has 0 spiro atoms. The zero-order chi connectivity index (χ0) is 13.5. The number of anilines is 1. The first kappa shape index (κ1) is 12.5. The van der Waals surface area contributed by atoms with Gasteiger partial charge in [0.05, 0.1) is 11.7 Å². The number of piperazine rings is 1. The molecule has 1 aliphatic heterocycles. The minimum Gasteiger partial charge on any atom is -0.355 e. The second-order valence-electron chi connectivity index (χ2n) is 6.21. The molecular formula is C15H22N4. The van der Waals surface area contributed by atoms with Crippen molar-refractivity contribution in [2.75, 3.05) is 31.1 Å². The molecule has 0 bridgehead atoms. The second kappa shape index (κ2) is 4.53. The lowest BCUT2D eigenvalue weighted by Gasteiger charge is -2.31. The van der Waals surface area contributed by atoms with Gasteiger partial charge in [-0.2, -0.15) is 0 Å². The fourth-order valence-electron chi connectivity index (χ4n) is 2.70. The summed E-state index contributed by atoms with van der Waals surface area (Å²) in [7, 11) is 0. The Kier molecular flexibility index (Phi) is 2.97. The van der Waals surface area contributed by atoms with Gasteiger partial charge in [-0.3, -0.25) is 4.40 Å². The number of fused-ring (bicyclic) bond motifs is 1. The van der Waals surface area contributed by atoms with Gasteiger partial charge in [0.2, 0.25) is 0 Å². The molecule has 0 unspecified atom stereocenters. The summed E-state index contributed by atoms with van der Waals surface area (Å²) in [5.74, 6) is 2.40. The number of imidazole rings is 1. The molecule has 0 aliphatic carbocycles. The molecule has 4 heteroatoms. The van der Waals surface area contributed by atoms with Crippen molar-refractivity contribution in [1.29, 1.82) is 0 Å². The molecule has 19 heavy (non-hydrogen) atoms. The summed E-state index contributed by atoms with van der Waals surface area (Å²) >= 11 is 0. The molecule has 2 aromatic rings. The average Bonchev–Trinajstić information content (AvgIpc) is 2.83. The largest absolute Gasteiger partial charge is 0.355 e. The summed E-state index contributed by atoms with van der Waals surface area (Å²) in [5.41, 5.74) is 1.23. The van der Waals surface area contributed by atoms with Crippen LogP contribution in [0.4, 0.5) is 5.82 Å². The summed E-state index contributed by atoms with van der Waals surface area (Å²) < 4.78 is 2.31. The third-order valence-electron chi connectivity index (χ3n) is 3.64. The number of nitrogens with one attached hydrogen (secondary N) is 1. The van der Waals surface area contributed by atoms with Gasteiger partial charge in [-0.15, -0.1) is 0 Å². The Morgan fingerprint density at radius 1 is 1.16 bits per heavy atom. The maximum Gasteiger partial charge on any atom is 0.120 e. The Hall–Kier alpha value is -1.55. The van der Waals surface area contributed by atoms with Gasteiger partial charge in [-0.1, -0.05) is 26.8 Å². The Morgan fingerprint density at radius 2 is 1.89 bits per heavy atom. The van der Waals surface area contributed by atoms with Crippen LogP contribution in [0.3, 0.4) is 0 Å². The van der Waals surface area contributed by atoms with E-state index >= 15 is 0 Å². The first-order valence-corrected chi connectivity index (χ1v) is 7.00. The van der Waals surface area contributed by atoms with Gasteiger partial charge in [0.1, 0.15) is 11.6 Å². The minimum absolute atomic E-state index is 0.0521. The maximum absolute atomic E-state index is 4.64. The molecule has 3 rings (SSSR count). The van der Waals surface area contributed by atoms with E-state index in [4.69, 9.17) is 0 Å². The van der Waals surface area contributed by atoms with E-state index < -0.39 is 0 Å². The summed E-state index contributed by atoms with van der Waals surface area (Å²) in [4.78, 5) is 7.09. The molecule has 102 valence electrons. The highest BCUT2D eigenvalue weighted by atomic mass is 15.3. The lowest BCUT2D eigenvalue weighted by Crippen LogP contribution is -2.44. The van der Waals surface area contributed by atoms with E-state index in [1.165, 1.54) is 11.3 Å². The van der Waals surface area contributed by atoms with Crippen LogP contribution in [0.5, 0.6) is 0 Å². The van der Waals surface area contributed by atoms with Crippen molar-refractivity contribution in [2.24, 2.45) is 0 Å². The SMILES string of the molecule is CC(C)(C)c1ncc2cccc(N3CCNCC3)n12. The number of pyridine rings is 1.